The molecule has 8 heteroatoms. The molecule has 1 unspecified atom stereocenters. The fourth-order valence-electron chi connectivity index (χ4n) is 3.89. The first-order valence-corrected chi connectivity index (χ1v) is 10.5. The highest BCUT2D eigenvalue weighted by Gasteiger charge is 2.24. The van der Waals surface area contributed by atoms with Crippen LogP contribution in [0, 0.1) is 0 Å². The van der Waals surface area contributed by atoms with Gasteiger partial charge in [-0.3, -0.25) is 9.79 Å². The number of hydrogen-bond acceptors (Lipinski definition) is 5. The summed E-state index contributed by atoms with van der Waals surface area (Å²) >= 11 is 0. The van der Waals surface area contributed by atoms with Crippen molar-refractivity contribution in [1.82, 2.24) is 10.2 Å². The van der Waals surface area contributed by atoms with E-state index in [0.29, 0.717) is 24.4 Å². The highest BCUT2D eigenvalue weighted by molar-refractivity contribution is 6.42. The van der Waals surface area contributed by atoms with E-state index in [4.69, 9.17) is 0 Å². The fourth-order valence-corrected chi connectivity index (χ4v) is 3.89. The van der Waals surface area contributed by atoms with E-state index in [1.165, 1.54) is 0 Å². The molecule has 3 rings (SSSR count). The summed E-state index contributed by atoms with van der Waals surface area (Å²) in [5, 5.41) is 5.83. The van der Waals surface area contributed by atoms with E-state index in [9.17, 15) is 9.18 Å². The Hall–Kier alpha value is -2.61. The van der Waals surface area contributed by atoms with Crippen molar-refractivity contribution in [1.29, 1.82) is 0 Å². The largest absolute Gasteiger partial charge is 0.369 e. The summed E-state index contributed by atoms with van der Waals surface area (Å²) in [6.45, 7) is 10.6. The van der Waals surface area contributed by atoms with Gasteiger partial charge in [-0.2, -0.15) is 0 Å². The number of amidine groups is 1. The third-order valence-corrected chi connectivity index (χ3v) is 5.57. The van der Waals surface area contributed by atoms with E-state index in [-0.39, 0.29) is 11.7 Å². The Kier molecular flexibility index (Phi) is 7.31. The first-order chi connectivity index (χ1) is 14.4. The molecule has 1 aromatic rings. The monoisotopic (exact) mass is 416 g/mol. The Morgan fingerprint density at radius 2 is 1.93 bits per heavy atom. The van der Waals surface area contributed by atoms with Crippen LogP contribution in [0.3, 0.4) is 0 Å². The smallest absolute Gasteiger partial charge is 0.291 e. The van der Waals surface area contributed by atoms with Crippen molar-refractivity contribution in [2.24, 2.45) is 4.99 Å². The van der Waals surface area contributed by atoms with E-state index in [1.807, 2.05) is 17.0 Å². The van der Waals surface area contributed by atoms with Gasteiger partial charge in [-0.15, -0.1) is 0 Å². The van der Waals surface area contributed by atoms with Crippen LogP contribution in [0.4, 0.5) is 21.5 Å². The van der Waals surface area contributed by atoms with Gasteiger partial charge < -0.3 is 25.3 Å². The van der Waals surface area contributed by atoms with Crippen molar-refractivity contribution in [2.75, 3.05) is 68.5 Å². The molecule has 2 heterocycles. The van der Waals surface area contributed by atoms with Gasteiger partial charge in [0.15, 0.2) is 5.84 Å². The molecule has 0 saturated carbocycles. The number of piperidine rings is 1. The molecule has 0 spiro atoms. The molecule has 2 saturated heterocycles. The average Bonchev–Trinajstić information content (AvgIpc) is 2.72. The van der Waals surface area contributed by atoms with E-state index in [2.05, 4.69) is 45.1 Å². The maximum atomic E-state index is 14.2. The second kappa shape index (κ2) is 9.93. The molecule has 1 atom stereocenters. The summed E-state index contributed by atoms with van der Waals surface area (Å²) in [5.41, 5.74) is 3.25. The van der Waals surface area contributed by atoms with Crippen LogP contribution in [0.1, 0.15) is 19.8 Å². The Morgan fingerprint density at radius 3 is 2.57 bits per heavy atom. The van der Waals surface area contributed by atoms with Crippen LogP contribution in [0.5, 0.6) is 0 Å². The number of aliphatic imine (C=N–C) groups is 1. The van der Waals surface area contributed by atoms with Gasteiger partial charge in [-0.25, -0.2) is 4.39 Å². The molecular formula is C22H33FN6O. The van der Waals surface area contributed by atoms with Crippen molar-refractivity contribution in [3.63, 3.8) is 0 Å². The third-order valence-electron chi connectivity index (χ3n) is 5.57. The first kappa shape index (κ1) is 22.1. The number of amides is 1. The molecule has 0 aromatic heterocycles. The van der Waals surface area contributed by atoms with Gasteiger partial charge in [0, 0.05) is 57.7 Å². The average molecular weight is 417 g/mol. The van der Waals surface area contributed by atoms with Crippen molar-refractivity contribution >= 4 is 28.8 Å². The number of nitrogens with one attached hydrogen (secondary N) is 2. The molecule has 2 fully saturated rings. The quantitative estimate of drug-likeness (QED) is 0.583. The highest BCUT2D eigenvalue weighted by Crippen LogP contribution is 2.33. The highest BCUT2D eigenvalue weighted by atomic mass is 19.1. The molecule has 164 valence electrons. The topological polar surface area (TPSA) is 63.2 Å². The predicted octanol–water partition coefficient (Wildman–Crippen LogP) is 2.47. The number of hydrogen-bond donors (Lipinski definition) is 2. The zero-order valence-electron chi connectivity index (χ0n) is 18.2. The number of rotatable bonds is 4. The summed E-state index contributed by atoms with van der Waals surface area (Å²) in [5.74, 6) is -0.151. The van der Waals surface area contributed by atoms with Crippen LogP contribution in [0.25, 0.3) is 0 Å². The Morgan fingerprint density at radius 1 is 1.20 bits per heavy atom. The molecule has 0 bridgehead atoms. The Balaban J connectivity index is 1.87. The minimum atomic E-state index is -0.854. The second-order valence-electron chi connectivity index (χ2n) is 8.11. The van der Waals surface area contributed by atoms with Crippen molar-refractivity contribution in [3.8, 4) is 0 Å². The van der Waals surface area contributed by atoms with Crippen molar-refractivity contribution < 1.29 is 9.18 Å². The number of likely N-dealkylation sites (N-methyl/N-ethyl adjacent to an activating group) is 1. The normalized spacial score (nSPS) is 20.8. The number of nitrogens with zero attached hydrogens (tertiary/aromatic N) is 4. The molecule has 2 aliphatic rings. The van der Waals surface area contributed by atoms with Gasteiger partial charge in [0.2, 0.25) is 0 Å². The summed E-state index contributed by atoms with van der Waals surface area (Å²) in [4.78, 5) is 23.5. The Bertz CT molecular complexity index is 803. The van der Waals surface area contributed by atoms with Gasteiger partial charge >= 0.3 is 0 Å². The number of carbonyl (C=O) groups is 1. The van der Waals surface area contributed by atoms with Crippen LogP contribution in [0.2, 0.25) is 0 Å². The van der Waals surface area contributed by atoms with Gasteiger partial charge in [-0.1, -0.05) is 6.58 Å². The zero-order chi connectivity index (χ0) is 21.7. The second-order valence-corrected chi connectivity index (χ2v) is 8.11. The predicted molar refractivity (Wildman–Crippen MR) is 122 cm³/mol. The lowest BCUT2D eigenvalue weighted by molar-refractivity contribution is -0.110. The summed E-state index contributed by atoms with van der Waals surface area (Å²) < 4.78 is 14.2. The Labute approximate surface area is 178 Å². The summed E-state index contributed by atoms with van der Waals surface area (Å²) in [6, 6.07) is 6.01. The molecule has 0 aliphatic carbocycles. The molecule has 30 heavy (non-hydrogen) atoms. The minimum Gasteiger partial charge on any atom is -0.369 e. The molecule has 2 N–H and O–H groups in total. The van der Waals surface area contributed by atoms with E-state index in [1.54, 1.807) is 14.0 Å². The van der Waals surface area contributed by atoms with Crippen LogP contribution in [-0.4, -0.2) is 76.2 Å². The molecular weight excluding hydrogens is 383 g/mol. The lowest BCUT2D eigenvalue weighted by Crippen LogP contribution is -2.44. The van der Waals surface area contributed by atoms with Crippen LogP contribution >= 0.6 is 0 Å². The lowest BCUT2D eigenvalue weighted by atomic mass is 10.1. The number of anilines is 3. The number of benzene rings is 1. The molecule has 2 aliphatic heterocycles. The van der Waals surface area contributed by atoms with Gasteiger partial charge in [0.05, 0.1) is 11.4 Å². The summed E-state index contributed by atoms with van der Waals surface area (Å²) in [6.07, 6.45) is 0.532. The van der Waals surface area contributed by atoms with Gasteiger partial charge in [-0.05, 0) is 45.0 Å². The summed E-state index contributed by atoms with van der Waals surface area (Å²) in [7, 11) is 3.68. The SMILES string of the molecule is C=C(C)NC(=NC)C(=O)Nc1ccc(N2CCN(C)CC2)cc1N1CCCC(F)C1. The third kappa shape index (κ3) is 5.50. The molecule has 1 aromatic carbocycles. The molecule has 1 amide bonds. The molecule has 7 nitrogen and oxygen atoms in total. The van der Waals surface area contributed by atoms with E-state index in [0.717, 1.165) is 50.5 Å². The first-order valence-electron chi connectivity index (χ1n) is 10.5. The van der Waals surface area contributed by atoms with Crippen LogP contribution < -0.4 is 20.4 Å². The van der Waals surface area contributed by atoms with Gasteiger partial charge in [0.25, 0.3) is 5.91 Å². The van der Waals surface area contributed by atoms with Crippen molar-refractivity contribution in [3.05, 3.63) is 30.5 Å². The van der Waals surface area contributed by atoms with Gasteiger partial charge in [0.1, 0.15) is 6.17 Å². The maximum absolute atomic E-state index is 14.2. The maximum Gasteiger partial charge on any atom is 0.291 e. The lowest BCUT2D eigenvalue weighted by Gasteiger charge is -2.36. The van der Waals surface area contributed by atoms with Crippen LogP contribution in [0.15, 0.2) is 35.5 Å². The number of allylic oxidation sites excluding steroid dienone is 1. The van der Waals surface area contributed by atoms with Crippen LogP contribution in [-0.2, 0) is 4.79 Å². The number of halogens is 1. The van der Waals surface area contributed by atoms with E-state index >= 15 is 0 Å². The minimum absolute atomic E-state index is 0.193. The zero-order valence-corrected chi connectivity index (χ0v) is 18.2. The number of carbonyl (C=O) groups excluding carboxylic acids is 1. The standard InChI is InChI=1S/C22H33FN6O/c1-16(2)25-21(24-3)22(30)26-19-8-7-18(28-12-10-27(4)11-13-28)14-20(19)29-9-5-6-17(23)15-29/h7-8,14,17H,1,5-6,9-13,15H2,2-4H3,(H,24,25)(H,26,30). The van der Waals surface area contributed by atoms with Crippen molar-refractivity contribution in [2.45, 2.75) is 25.9 Å². The number of piperazine rings is 1. The number of alkyl halides is 1. The molecule has 0 radical (unpaired) electrons. The van der Waals surface area contributed by atoms with E-state index < -0.39 is 6.17 Å². The fraction of sp³-hybridized carbons (Fsp3) is 0.545.